The molecule has 3 aromatic carbocycles. The molecule has 1 aliphatic heterocycles. The van der Waals surface area contributed by atoms with Gasteiger partial charge >= 0.3 is 6.03 Å². The highest BCUT2D eigenvalue weighted by molar-refractivity contribution is 6.31. The molecular formula is C26H24ClN5O. The smallest absolute Gasteiger partial charge is 0.321 e. The van der Waals surface area contributed by atoms with Crippen LogP contribution in [0.3, 0.4) is 0 Å². The molecule has 1 aromatic heterocycles. The van der Waals surface area contributed by atoms with E-state index in [2.05, 4.69) is 44.7 Å². The van der Waals surface area contributed by atoms with E-state index in [0.717, 1.165) is 28.0 Å². The Hall–Kier alpha value is -3.64. The standard InChI is InChI=1S/C26H24ClN5O/c1-18-9-10-20(17-23(18)27)28-26(33)32-15-13-31(14-16-32)25-12-11-24(29-30-25)22-8-4-6-19-5-2-3-7-21(19)22/h2-12,17H,13-16H2,1H3,(H,28,33). The molecule has 0 spiro atoms. The third kappa shape index (κ3) is 4.47. The summed E-state index contributed by atoms with van der Waals surface area (Å²) in [7, 11) is 0. The Balaban J connectivity index is 1.23. The maximum absolute atomic E-state index is 12.6. The minimum atomic E-state index is -0.119. The zero-order chi connectivity index (χ0) is 22.8. The number of urea groups is 1. The molecule has 2 amide bonds. The summed E-state index contributed by atoms with van der Waals surface area (Å²) in [6, 6.07) is 23.9. The number of aromatic nitrogens is 2. The molecule has 1 saturated heterocycles. The lowest BCUT2D eigenvalue weighted by molar-refractivity contribution is 0.208. The van der Waals surface area contributed by atoms with Crippen molar-refractivity contribution in [2.75, 3.05) is 36.4 Å². The van der Waals surface area contributed by atoms with E-state index in [9.17, 15) is 4.79 Å². The first-order valence-electron chi connectivity index (χ1n) is 11.0. The van der Waals surface area contributed by atoms with Gasteiger partial charge in [-0.05, 0) is 47.5 Å². The lowest BCUT2D eigenvalue weighted by Crippen LogP contribution is -2.50. The monoisotopic (exact) mass is 457 g/mol. The van der Waals surface area contributed by atoms with Gasteiger partial charge in [-0.1, -0.05) is 60.1 Å². The van der Waals surface area contributed by atoms with E-state index >= 15 is 0 Å². The van der Waals surface area contributed by atoms with Crippen LogP contribution in [-0.4, -0.2) is 47.3 Å². The van der Waals surface area contributed by atoms with E-state index in [-0.39, 0.29) is 6.03 Å². The van der Waals surface area contributed by atoms with Gasteiger partial charge in [-0.3, -0.25) is 0 Å². The van der Waals surface area contributed by atoms with E-state index in [1.54, 1.807) is 6.07 Å². The second kappa shape index (κ2) is 9.08. The molecule has 0 unspecified atom stereocenters. The highest BCUT2D eigenvalue weighted by atomic mass is 35.5. The summed E-state index contributed by atoms with van der Waals surface area (Å²) in [5.74, 6) is 0.823. The van der Waals surface area contributed by atoms with E-state index in [4.69, 9.17) is 11.6 Å². The number of nitrogens with one attached hydrogen (secondary N) is 1. The molecule has 2 heterocycles. The van der Waals surface area contributed by atoms with Gasteiger partial charge < -0.3 is 15.1 Å². The number of benzene rings is 3. The number of nitrogens with zero attached hydrogens (tertiary/aromatic N) is 4. The fraction of sp³-hybridized carbons (Fsp3) is 0.192. The van der Waals surface area contributed by atoms with Crippen molar-refractivity contribution in [2.24, 2.45) is 0 Å². The molecule has 6 nitrogen and oxygen atoms in total. The summed E-state index contributed by atoms with van der Waals surface area (Å²) in [6.45, 7) is 4.55. The molecule has 0 saturated carbocycles. The van der Waals surface area contributed by atoms with Crippen LogP contribution < -0.4 is 10.2 Å². The van der Waals surface area contributed by atoms with Gasteiger partial charge in [0.25, 0.3) is 0 Å². The summed E-state index contributed by atoms with van der Waals surface area (Å²) < 4.78 is 0. The van der Waals surface area contributed by atoms with Crippen molar-refractivity contribution in [3.63, 3.8) is 0 Å². The summed E-state index contributed by atoms with van der Waals surface area (Å²) in [5.41, 5.74) is 3.61. The Bertz CT molecular complexity index is 1290. The Morgan fingerprint density at radius 1 is 0.909 bits per heavy atom. The summed E-state index contributed by atoms with van der Waals surface area (Å²) in [4.78, 5) is 16.6. The van der Waals surface area contributed by atoms with Crippen LogP contribution in [0, 0.1) is 6.92 Å². The minimum Gasteiger partial charge on any atom is -0.352 e. The fourth-order valence-corrected chi connectivity index (χ4v) is 4.28. The number of fused-ring (bicyclic) bond motifs is 1. The molecule has 0 bridgehead atoms. The van der Waals surface area contributed by atoms with Crippen molar-refractivity contribution in [1.29, 1.82) is 0 Å². The molecule has 1 N–H and O–H groups in total. The van der Waals surface area contributed by atoms with Gasteiger partial charge in [0.2, 0.25) is 0 Å². The van der Waals surface area contributed by atoms with Crippen molar-refractivity contribution >= 4 is 39.9 Å². The summed E-state index contributed by atoms with van der Waals surface area (Å²) in [6.07, 6.45) is 0. The van der Waals surface area contributed by atoms with E-state index < -0.39 is 0 Å². The van der Waals surface area contributed by atoms with Crippen molar-refractivity contribution in [3.05, 3.63) is 83.4 Å². The quantitative estimate of drug-likeness (QED) is 0.434. The zero-order valence-electron chi connectivity index (χ0n) is 18.3. The second-order valence-electron chi connectivity index (χ2n) is 8.17. The van der Waals surface area contributed by atoms with Crippen LogP contribution in [0.25, 0.3) is 22.0 Å². The lowest BCUT2D eigenvalue weighted by Gasteiger charge is -2.35. The highest BCUT2D eigenvalue weighted by Gasteiger charge is 2.22. The Labute approximate surface area is 197 Å². The molecule has 0 aliphatic carbocycles. The van der Waals surface area contributed by atoms with Crippen LogP contribution in [0.4, 0.5) is 16.3 Å². The molecule has 166 valence electrons. The predicted molar refractivity (Wildman–Crippen MR) is 134 cm³/mol. The molecule has 1 fully saturated rings. The fourth-order valence-electron chi connectivity index (χ4n) is 4.10. The second-order valence-corrected chi connectivity index (χ2v) is 8.58. The van der Waals surface area contributed by atoms with Crippen molar-refractivity contribution in [1.82, 2.24) is 15.1 Å². The van der Waals surface area contributed by atoms with E-state index in [1.807, 2.05) is 54.3 Å². The van der Waals surface area contributed by atoms with Gasteiger partial charge in [0.1, 0.15) is 0 Å². The first kappa shape index (κ1) is 21.2. The number of carbonyl (C=O) groups excluding carboxylic acids is 1. The SMILES string of the molecule is Cc1ccc(NC(=O)N2CCN(c3ccc(-c4cccc5ccccc45)nn3)CC2)cc1Cl. The molecule has 1 aliphatic rings. The predicted octanol–water partition coefficient (Wildman–Crippen LogP) is 5.61. The van der Waals surface area contributed by atoms with Crippen LogP contribution in [-0.2, 0) is 0 Å². The molecule has 7 heteroatoms. The normalized spacial score (nSPS) is 13.9. The van der Waals surface area contributed by atoms with Crippen LogP contribution in [0.1, 0.15) is 5.56 Å². The van der Waals surface area contributed by atoms with Crippen molar-refractivity contribution in [3.8, 4) is 11.3 Å². The van der Waals surface area contributed by atoms with Crippen LogP contribution >= 0.6 is 11.6 Å². The number of anilines is 2. The first-order valence-corrected chi connectivity index (χ1v) is 11.4. The minimum absolute atomic E-state index is 0.119. The Morgan fingerprint density at radius 2 is 1.70 bits per heavy atom. The number of hydrogen-bond acceptors (Lipinski definition) is 4. The number of rotatable bonds is 3. The molecule has 33 heavy (non-hydrogen) atoms. The molecule has 5 rings (SSSR count). The number of halogens is 1. The third-order valence-corrected chi connectivity index (χ3v) is 6.44. The number of amides is 2. The van der Waals surface area contributed by atoms with Gasteiger partial charge in [0.05, 0.1) is 5.69 Å². The average molecular weight is 458 g/mol. The average Bonchev–Trinajstić information content (AvgIpc) is 2.86. The van der Waals surface area contributed by atoms with E-state index in [1.165, 1.54) is 5.39 Å². The van der Waals surface area contributed by atoms with Crippen LogP contribution in [0.15, 0.2) is 72.8 Å². The van der Waals surface area contributed by atoms with Crippen molar-refractivity contribution < 1.29 is 4.79 Å². The highest BCUT2D eigenvalue weighted by Crippen LogP contribution is 2.27. The first-order chi connectivity index (χ1) is 16.1. The van der Waals surface area contributed by atoms with Gasteiger partial charge in [0, 0.05) is 42.5 Å². The van der Waals surface area contributed by atoms with Gasteiger partial charge in [-0.15, -0.1) is 10.2 Å². The van der Waals surface area contributed by atoms with Crippen LogP contribution in [0.2, 0.25) is 5.02 Å². The Morgan fingerprint density at radius 3 is 2.45 bits per heavy atom. The van der Waals surface area contributed by atoms with Gasteiger partial charge in [0.15, 0.2) is 5.82 Å². The molecular weight excluding hydrogens is 434 g/mol. The van der Waals surface area contributed by atoms with Crippen molar-refractivity contribution in [2.45, 2.75) is 6.92 Å². The number of hydrogen-bond donors (Lipinski definition) is 1. The molecule has 0 atom stereocenters. The van der Waals surface area contributed by atoms with Gasteiger partial charge in [-0.2, -0.15) is 0 Å². The van der Waals surface area contributed by atoms with Gasteiger partial charge in [-0.25, -0.2) is 4.79 Å². The summed E-state index contributed by atoms with van der Waals surface area (Å²) >= 11 is 6.16. The lowest BCUT2D eigenvalue weighted by atomic mass is 10.0. The zero-order valence-corrected chi connectivity index (χ0v) is 19.1. The number of aryl methyl sites for hydroxylation is 1. The Kier molecular flexibility index (Phi) is 5.84. The van der Waals surface area contributed by atoms with E-state index in [0.29, 0.717) is 36.9 Å². The largest absolute Gasteiger partial charge is 0.352 e. The summed E-state index contributed by atoms with van der Waals surface area (Å²) in [5, 5.41) is 14.9. The maximum Gasteiger partial charge on any atom is 0.321 e. The maximum atomic E-state index is 12.6. The number of carbonyl (C=O) groups is 1. The number of piperazine rings is 1. The topological polar surface area (TPSA) is 61.4 Å². The molecule has 4 aromatic rings. The third-order valence-electron chi connectivity index (χ3n) is 6.03. The molecule has 0 radical (unpaired) electrons. The van der Waals surface area contributed by atoms with Crippen LogP contribution in [0.5, 0.6) is 0 Å².